The smallest absolute Gasteiger partial charge is 0.122 e. The van der Waals surface area contributed by atoms with Crippen LogP contribution in [0, 0.1) is 6.92 Å². The first-order valence-corrected chi connectivity index (χ1v) is 5.83. The molecule has 0 bridgehead atoms. The number of benzene rings is 1. The Morgan fingerprint density at radius 2 is 2.00 bits per heavy atom. The van der Waals surface area contributed by atoms with Gasteiger partial charge in [-0.1, -0.05) is 15.9 Å². The molecule has 0 radical (unpaired) electrons. The molecule has 1 rings (SSSR count). The Morgan fingerprint density at radius 3 is 2.59 bits per heavy atom. The maximum Gasteiger partial charge on any atom is 0.122 e. The number of hydrogen-bond acceptors (Lipinski definition) is 3. The lowest BCUT2D eigenvalue weighted by atomic mass is 10.2. The molecule has 0 unspecified atom stereocenters. The summed E-state index contributed by atoms with van der Waals surface area (Å²) in [5.41, 5.74) is 6.50. The van der Waals surface area contributed by atoms with E-state index in [1.165, 1.54) is 0 Å². The van der Waals surface area contributed by atoms with E-state index in [2.05, 4.69) is 21.2 Å². The van der Waals surface area contributed by atoms with Gasteiger partial charge in [-0.05, 0) is 30.7 Å². The van der Waals surface area contributed by atoms with Gasteiger partial charge in [-0.15, -0.1) is 24.8 Å². The third-order valence-corrected chi connectivity index (χ3v) is 2.49. The van der Waals surface area contributed by atoms with Gasteiger partial charge in [0, 0.05) is 24.1 Å². The standard InChI is InChI=1S/C11H17BrN2O.2ClH/c1-9-8-10(12)2-3-11(9)15-7-6-14-5-4-13;;/h2-3,8,14H,4-7,13H2,1H3;2*1H. The van der Waals surface area contributed by atoms with Gasteiger partial charge < -0.3 is 15.8 Å². The van der Waals surface area contributed by atoms with Gasteiger partial charge in [0.1, 0.15) is 12.4 Å². The Hall–Kier alpha value is -0.000000000000000111. The quantitative estimate of drug-likeness (QED) is 0.779. The Bertz CT molecular complexity index is 314. The van der Waals surface area contributed by atoms with Crippen molar-refractivity contribution < 1.29 is 4.74 Å². The first-order valence-electron chi connectivity index (χ1n) is 5.04. The van der Waals surface area contributed by atoms with Gasteiger partial charge in [-0.25, -0.2) is 0 Å². The second kappa shape index (κ2) is 11.1. The molecule has 0 aliphatic rings. The lowest BCUT2D eigenvalue weighted by molar-refractivity contribution is 0.313. The molecular weight excluding hydrogens is 327 g/mol. The SMILES string of the molecule is Cc1cc(Br)ccc1OCCNCCN.Cl.Cl. The zero-order valence-corrected chi connectivity index (χ0v) is 13.0. The largest absolute Gasteiger partial charge is 0.492 e. The van der Waals surface area contributed by atoms with E-state index in [0.717, 1.165) is 28.9 Å². The van der Waals surface area contributed by atoms with E-state index < -0.39 is 0 Å². The molecule has 0 spiro atoms. The van der Waals surface area contributed by atoms with E-state index in [1.807, 2.05) is 25.1 Å². The molecule has 0 aliphatic carbocycles. The summed E-state index contributed by atoms with van der Waals surface area (Å²) in [6.07, 6.45) is 0. The second-order valence-electron chi connectivity index (χ2n) is 3.30. The Labute approximate surface area is 123 Å². The minimum absolute atomic E-state index is 0. The summed E-state index contributed by atoms with van der Waals surface area (Å²) in [7, 11) is 0. The van der Waals surface area contributed by atoms with Crippen molar-refractivity contribution in [1.29, 1.82) is 0 Å². The summed E-state index contributed by atoms with van der Waals surface area (Å²) in [5, 5.41) is 3.18. The Balaban J connectivity index is 0. The van der Waals surface area contributed by atoms with Crippen LogP contribution in [0.2, 0.25) is 0 Å². The number of halogens is 3. The van der Waals surface area contributed by atoms with Crippen molar-refractivity contribution in [1.82, 2.24) is 5.32 Å². The monoisotopic (exact) mass is 344 g/mol. The first kappa shape index (κ1) is 19.3. The normalized spacial score (nSPS) is 9.12. The van der Waals surface area contributed by atoms with Gasteiger partial charge in [0.2, 0.25) is 0 Å². The fourth-order valence-corrected chi connectivity index (χ4v) is 1.71. The van der Waals surface area contributed by atoms with Crippen molar-refractivity contribution in [3.63, 3.8) is 0 Å². The molecule has 0 amide bonds. The van der Waals surface area contributed by atoms with E-state index in [4.69, 9.17) is 10.5 Å². The van der Waals surface area contributed by atoms with E-state index in [1.54, 1.807) is 0 Å². The third-order valence-electron chi connectivity index (χ3n) is 1.99. The average molecular weight is 346 g/mol. The van der Waals surface area contributed by atoms with E-state index in [0.29, 0.717) is 13.2 Å². The number of nitrogens with two attached hydrogens (primary N) is 1. The van der Waals surface area contributed by atoms with Gasteiger partial charge in [0.15, 0.2) is 0 Å². The fourth-order valence-electron chi connectivity index (χ4n) is 1.23. The molecule has 6 heteroatoms. The molecule has 0 aliphatic heterocycles. The summed E-state index contributed by atoms with van der Waals surface area (Å²) in [4.78, 5) is 0. The molecule has 0 atom stereocenters. The van der Waals surface area contributed by atoms with E-state index >= 15 is 0 Å². The molecule has 1 aromatic carbocycles. The van der Waals surface area contributed by atoms with Crippen LogP contribution in [0.3, 0.4) is 0 Å². The molecule has 17 heavy (non-hydrogen) atoms. The van der Waals surface area contributed by atoms with Crippen molar-refractivity contribution in [2.24, 2.45) is 5.73 Å². The van der Waals surface area contributed by atoms with Crippen LogP contribution in [0.5, 0.6) is 5.75 Å². The van der Waals surface area contributed by atoms with Gasteiger partial charge in [0.05, 0.1) is 0 Å². The van der Waals surface area contributed by atoms with Crippen LogP contribution in [-0.2, 0) is 0 Å². The molecule has 0 saturated carbocycles. The highest BCUT2D eigenvalue weighted by Gasteiger charge is 1.99. The molecule has 0 aromatic heterocycles. The third kappa shape index (κ3) is 7.84. The van der Waals surface area contributed by atoms with Crippen LogP contribution in [0.25, 0.3) is 0 Å². The molecule has 0 heterocycles. The van der Waals surface area contributed by atoms with Gasteiger partial charge in [0.25, 0.3) is 0 Å². The zero-order valence-electron chi connectivity index (χ0n) is 9.74. The van der Waals surface area contributed by atoms with Crippen LogP contribution in [0.4, 0.5) is 0 Å². The van der Waals surface area contributed by atoms with E-state index in [9.17, 15) is 0 Å². The predicted octanol–water partition coefficient (Wildman–Crippen LogP) is 2.53. The first-order chi connectivity index (χ1) is 7.24. The van der Waals surface area contributed by atoms with Crippen LogP contribution in [0.15, 0.2) is 22.7 Å². The topological polar surface area (TPSA) is 47.3 Å². The minimum atomic E-state index is 0. The van der Waals surface area contributed by atoms with Crippen molar-refractivity contribution in [3.8, 4) is 5.75 Å². The molecule has 0 fully saturated rings. The second-order valence-corrected chi connectivity index (χ2v) is 4.21. The fraction of sp³-hybridized carbons (Fsp3) is 0.455. The van der Waals surface area contributed by atoms with Crippen molar-refractivity contribution in [2.45, 2.75) is 6.92 Å². The summed E-state index contributed by atoms with van der Waals surface area (Å²) < 4.78 is 6.69. The van der Waals surface area contributed by atoms with Crippen molar-refractivity contribution in [2.75, 3.05) is 26.2 Å². The lowest BCUT2D eigenvalue weighted by Gasteiger charge is -2.09. The van der Waals surface area contributed by atoms with Gasteiger partial charge >= 0.3 is 0 Å². The minimum Gasteiger partial charge on any atom is -0.492 e. The molecule has 1 aromatic rings. The number of rotatable bonds is 6. The summed E-state index contributed by atoms with van der Waals surface area (Å²) in [6, 6.07) is 6.00. The number of nitrogens with one attached hydrogen (secondary N) is 1. The molecular formula is C11H19BrCl2N2O. The maximum absolute atomic E-state index is 5.61. The number of hydrogen-bond donors (Lipinski definition) is 2. The van der Waals surface area contributed by atoms with Crippen LogP contribution in [0.1, 0.15) is 5.56 Å². The number of aryl methyl sites for hydroxylation is 1. The molecule has 3 nitrogen and oxygen atoms in total. The van der Waals surface area contributed by atoms with Crippen LogP contribution < -0.4 is 15.8 Å². The van der Waals surface area contributed by atoms with Crippen molar-refractivity contribution >= 4 is 40.7 Å². The maximum atomic E-state index is 5.61. The summed E-state index contributed by atoms with van der Waals surface area (Å²) in [5.74, 6) is 0.938. The molecule has 3 N–H and O–H groups in total. The molecule has 0 saturated heterocycles. The van der Waals surface area contributed by atoms with Crippen LogP contribution in [-0.4, -0.2) is 26.2 Å². The summed E-state index contributed by atoms with van der Waals surface area (Å²) >= 11 is 3.42. The number of ether oxygens (including phenoxy) is 1. The Morgan fingerprint density at radius 1 is 1.29 bits per heavy atom. The zero-order chi connectivity index (χ0) is 11.1. The highest BCUT2D eigenvalue weighted by atomic mass is 79.9. The van der Waals surface area contributed by atoms with Crippen LogP contribution >= 0.6 is 40.7 Å². The van der Waals surface area contributed by atoms with Gasteiger partial charge in [-0.3, -0.25) is 0 Å². The average Bonchev–Trinajstić information content (AvgIpc) is 2.20. The highest BCUT2D eigenvalue weighted by molar-refractivity contribution is 9.10. The predicted molar refractivity (Wildman–Crippen MR) is 80.8 cm³/mol. The van der Waals surface area contributed by atoms with Gasteiger partial charge in [-0.2, -0.15) is 0 Å². The highest BCUT2D eigenvalue weighted by Crippen LogP contribution is 2.21. The van der Waals surface area contributed by atoms with Crippen molar-refractivity contribution in [3.05, 3.63) is 28.2 Å². The molecule has 100 valence electrons. The Kier molecular flexibility index (Phi) is 12.6. The lowest BCUT2D eigenvalue weighted by Crippen LogP contribution is -2.26. The summed E-state index contributed by atoms with van der Waals surface area (Å²) in [6.45, 7) is 5.03. The van der Waals surface area contributed by atoms with E-state index in [-0.39, 0.29) is 24.8 Å².